The second-order valence-electron chi connectivity index (χ2n) is 12.0. The predicted molar refractivity (Wildman–Crippen MR) is 159 cm³/mol. The molecule has 10 nitrogen and oxygen atoms in total. The summed E-state index contributed by atoms with van der Waals surface area (Å²) in [5.74, 6) is -0.821. The molecule has 7 heterocycles. The van der Waals surface area contributed by atoms with Crippen molar-refractivity contribution in [1.29, 1.82) is 5.26 Å². The van der Waals surface area contributed by atoms with Crippen LogP contribution in [0, 0.1) is 23.0 Å². The first-order valence-corrected chi connectivity index (χ1v) is 15.5. The summed E-state index contributed by atoms with van der Waals surface area (Å²) < 4.78 is 58.2. The summed E-state index contributed by atoms with van der Waals surface area (Å²) in [5, 5.41) is 14.0. The number of rotatable bonds is 5. The molecule has 0 amide bonds. The van der Waals surface area contributed by atoms with Crippen molar-refractivity contribution in [2.45, 2.75) is 43.1 Å². The molecule has 0 saturated carbocycles. The number of halogens is 3. The number of nitrogens with zero attached hydrogens (tertiary/aromatic N) is 6. The Hall–Kier alpha value is -3.77. The van der Waals surface area contributed by atoms with Crippen molar-refractivity contribution in [3.05, 3.63) is 35.5 Å². The van der Waals surface area contributed by atoms with E-state index in [0.717, 1.165) is 30.7 Å². The average Bonchev–Trinajstić information content (AvgIpc) is 3.65. The number of anilines is 2. The Kier molecular flexibility index (Phi) is 6.56. The van der Waals surface area contributed by atoms with E-state index in [1.807, 2.05) is 6.07 Å². The van der Waals surface area contributed by atoms with Gasteiger partial charge in [0.25, 0.3) is 0 Å². The molecule has 4 aliphatic heterocycles. The minimum atomic E-state index is -0.921. The van der Waals surface area contributed by atoms with Gasteiger partial charge in [0.15, 0.2) is 5.82 Å². The third kappa shape index (κ3) is 4.21. The lowest BCUT2D eigenvalue weighted by atomic mass is 9.95. The number of nitriles is 1. The van der Waals surface area contributed by atoms with Gasteiger partial charge >= 0.3 is 6.01 Å². The van der Waals surface area contributed by atoms with E-state index in [-0.39, 0.29) is 62.1 Å². The SMILES string of the molecule is N#Cc1c(N)sc2c(F)ccc(-c3ncc4c(N5C6CNCC5COC6)nc(OC[C@@]56CCCN5C[C@H](F)C6)nc4c3F)c12. The standard InChI is InChI=1S/C30H29F3N8O2S/c31-15-6-30(4-1-5-40(30)11-15)14-43-29-38-25-20(28(39-29)41-16-8-36-9-17(41)13-42-12-16)10-37-24(23(25)33)18-2-3-21(32)26-22(18)19(7-34)27(35)44-26/h2-3,10,15-17,36H,1,4-6,8-9,11-14,35H2/t15-,16?,17?,30+/m1/s1. The molecule has 0 spiro atoms. The van der Waals surface area contributed by atoms with Crippen LogP contribution in [-0.4, -0.2) is 89.6 Å². The molecule has 3 N–H and O–H groups in total. The van der Waals surface area contributed by atoms with E-state index in [1.54, 1.807) is 0 Å². The van der Waals surface area contributed by atoms with E-state index in [9.17, 15) is 14.0 Å². The van der Waals surface area contributed by atoms with Crippen molar-refractivity contribution in [3.63, 3.8) is 0 Å². The summed E-state index contributed by atoms with van der Waals surface area (Å²) in [7, 11) is 0. The molecular formula is C30H29F3N8O2S. The lowest BCUT2D eigenvalue weighted by Crippen LogP contribution is -2.64. The Bertz CT molecular complexity index is 1830. The first-order chi connectivity index (χ1) is 21.4. The highest BCUT2D eigenvalue weighted by atomic mass is 32.1. The summed E-state index contributed by atoms with van der Waals surface area (Å²) in [4.78, 5) is 18.1. The van der Waals surface area contributed by atoms with Crippen molar-refractivity contribution >= 4 is 43.1 Å². The number of piperazine rings is 1. The van der Waals surface area contributed by atoms with Gasteiger partial charge in [-0.05, 0) is 31.5 Å². The minimum Gasteiger partial charge on any atom is -0.461 e. The van der Waals surface area contributed by atoms with Crippen LogP contribution in [0.2, 0.25) is 0 Å². The number of nitrogen functional groups attached to an aromatic ring is 1. The Balaban J connectivity index is 1.28. The van der Waals surface area contributed by atoms with Gasteiger partial charge in [0, 0.05) is 43.2 Å². The molecule has 8 rings (SSSR count). The van der Waals surface area contributed by atoms with Gasteiger partial charge < -0.3 is 25.4 Å². The summed E-state index contributed by atoms with van der Waals surface area (Å²) in [5.41, 5.74) is 5.81. The molecule has 228 valence electrons. The molecule has 0 aliphatic carbocycles. The van der Waals surface area contributed by atoms with Crippen molar-refractivity contribution in [1.82, 2.24) is 25.2 Å². The van der Waals surface area contributed by atoms with Crippen LogP contribution in [0.25, 0.3) is 32.2 Å². The van der Waals surface area contributed by atoms with Gasteiger partial charge in [-0.3, -0.25) is 9.88 Å². The van der Waals surface area contributed by atoms with Gasteiger partial charge in [-0.2, -0.15) is 15.2 Å². The van der Waals surface area contributed by atoms with Gasteiger partial charge in [-0.1, -0.05) is 0 Å². The molecule has 2 unspecified atom stereocenters. The second-order valence-corrected chi connectivity index (χ2v) is 13.1. The van der Waals surface area contributed by atoms with Crippen molar-refractivity contribution in [2.24, 2.45) is 0 Å². The van der Waals surface area contributed by atoms with Crippen LogP contribution in [0.15, 0.2) is 18.3 Å². The number of thiophene rings is 1. The topological polar surface area (TPSA) is 125 Å². The summed E-state index contributed by atoms with van der Waals surface area (Å²) in [6.07, 6.45) is 2.74. The molecule has 1 aromatic carbocycles. The predicted octanol–water partition coefficient (Wildman–Crippen LogP) is 3.77. The fourth-order valence-corrected chi connectivity index (χ4v) is 8.44. The number of morpholine rings is 1. The van der Waals surface area contributed by atoms with Crippen molar-refractivity contribution in [3.8, 4) is 23.3 Å². The van der Waals surface area contributed by atoms with Crippen LogP contribution >= 0.6 is 11.3 Å². The molecular weight excluding hydrogens is 593 g/mol. The zero-order valence-electron chi connectivity index (χ0n) is 23.7. The number of benzene rings is 1. The third-order valence-corrected chi connectivity index (χ3v) is 10.5. The zero-order chi connectivity index (χ0) is 30.2. The number of hydrogen-bond acceptors (Lipinski definition) is 11. The van der Waals surface area contributed by atoms with Gasteiger partial charge in [-0.25, -0.2) is 13.2 Å². The molecule has 4 aromatic rings. The first kappa shape index (κ1) is 27.8. The van der Waals surface area contributed by atoms with Crippen LogP contribution in [0.5, 0.6) is 6.01 Å². The smallest absolute Gasteiger partial charge is 0.319 e. The van der Waals surface area contributed by atoms with Gasteiger partial charge in [0.05, 0.1) is 46.5 Å². The molecule has 4 saturated heterocycles. The van der Waals surface area contributed by atoms with Crippen LogP contribution in [0.3, 0.4) is 0 Å². The molecule has 3 aromatic heterocycles. The lowest BCUT2D eigenvalue weighted by molar-refractivity contribution is 0.0522. The zero-order valence-corrected chi connectivity index (χ0v) is 24.5. The number of alkyl halides is 1. The number of fused-ring (bicyclic) bond motifs is 5. The van der Waals surface area contributed by atoms with Crippen molar-refractivity contribution < 1.29 is 22.6 Å². The summed E-state index contributed by atoms with van der Waals surface area (Å²) in [6, 6.07) is 4.54. The first-order valence-electron chi connectivity index (χ1n) is 14.7. The average molecular weight is 623 g/mol. The number of pyridine rings is 1. The molecule has 4 atom stereocenters. The van der Waals surface area contributed by atoms with E-state index < -0.39 is 23.3 Å². The molecule has 44 heavy (non-hydrogen) atoms. The van der Waals surface area contributed by atoms with Crippen molar-refractivity contribution in [2.75, 3.05) is 56.6 Å². The maximum atomic E-state index is 16.7. The number of nitrogens with two attached hydrogens (primary N) is 1. The van der Waals surface area contributed by atoms with E-state index in [0.29, 0.717) is 50.5 Å². The maximum Gasteiger partial charge on any atom is 0.319 e. The molecule has 2 bridgehead atoms. The largest absolute Gasteiger partial charge is 0.461 e. The summed E-state index contributed by atoms with van der Waals surface area (Å²) >= 11 is 0.936. The Morgan fingerprint density at radius 1 is 1.23 bits per heavy atom. The molecule has 14 heteroatoms. The highest BCUT2D eigenvalue weighted by Gasteiger charge is 2.49. The van der Waals surface area contributed by atoms with Crippen LogP contribution in [-0.2, 0) is 4.74 Å². The van der Waals surface area contributed by atoms with E-state index >= 15 is 4.39 Å². The van der Waals surface area contributed by atoms with E-state index in [2.05, 4.69) is 25.1 Å². The highest BCUT2D eigenvalue weighted by Crippen LogP contribution is 2.43. The fourth-order valence-electron chi connectivity index (χ4n) is 7.49. The fraction of sp³-hybridized carbons (Fsp3) is 0.467. The quantitative estimate of drug-likeness (QED) is 0.340. The second kappa shape index (κ2) is 10.4. The number of nitrogens with one attached hydrogen (secondary N) is 1. The van der Waals surface area contributed by atoms with Crippen LogP contribution in [0.1, 0.15) is 24.8 Å². The Labute approximate surface area is 254 Å². The Morgan fingerprint density at radius 3 is 2.84 bits per heavy atom. The minimum absolute atomic E-state index is 0.00801. The number of ether oxygens (including phenoxy) is 2. The van der Waals surface area contributed by atoms with E-state index in [1.165, 1.54) is 18.3 Å². The number of aromatic nitrogens is 3. The van der Waals surface area contributed by atoms with Gasteiger partial charge in [0.1, 0.15) is 46.7 Å². The maximum absolute atomic E-state index is 16.7. The normalized spacial score (nSPS) is 26.8. The number of hydrogen-bond donors (Lipinski definition) is 2. The highest BCUT2D eigenvalue weighted by molar-refractivity contribution is 7.23. The molecule has 4 fully saturated rings. The van der Waals surface area contributed by atoms with Gasteiger partial charge in [-0.15, -0.1) is 11.3 Å². The van der Waals surface area contributed by atoms with Gasteiger partial charge in [0.2, 0.25) is 0 Å². The summed E-state index contributed by atoms with van der Waals surface area (Å²) in [6.45, 7) is 3.64. The lowest BCUT2D eigenvalue weighted by Gasteiger charge is -2.47. The Morgan fingerprint density at radius 2 is 2.05 bits per heavy atom. The van der Waals surface area contributed by atoms with Crippen LogP contribution in [0.4, 0.5) is 24.0 Å². The third-order valence-electron chi connectivity index (χ3n) is 9.47. The monoisotopic (exact) mass is 622 g/mol. The van der Waals surface area contributed by atoms with E-state index in [4.69, 9.17) is 20.2 Å². The van der Waals surface area contributed by atoms with Crippen LogP contribution < -0.4 is 20.7 Å². The molecule has 4 aliphatic rings. The molecule has 0 radical (unpaired) electrons.